The summed E-state index contributed by atoms with van der Waals surface area (Å²) in [5, 5.41) is 4.73. The Bertz CT molecular complexity index is 1080. The minimum atomic E-state index is -0.624. The molecule has 1 N–H and O–H groups in total. The van der Waals surface area contributed by atoms with Gasteiger partial charge in [-0.15, -0.1) is 11.3 Å². The minimum Gasteiger partial charge on any atom is -0.493 e. The quantitative estimate of drug-likeness (QED) is 0.535. The fourth-order valence-electron chi connectivity index (χ4n) is 2.98. The number of benzene rings is 2. The van der Waals surface area contributed by atoms with Gasteiger partial charge in [0, 0.05) is 16.5 Å². The predicted octanol–water partition coefficient (Wildman–Crippen LogP) is 4.62. The van der Waals surface area contributed by atoms with E-state index in [0.29, 0.717) is 33.4 Å². The van der Waals surface area contributed by atoms with Crippen molar-refractivity contribution >= 4 is 28.2 Å². The molecule has 3 rings (SSSR count). The van der Waals surface area contributed by atoms with Gasteiger partial charge in [-0.3, -0.25) is 4.79 Å². The lowest BCUT2D eigenvalue weighted by molar-refractivity contribution is 0.0603. The van der Waals surface area contributed by atoms with Crippen LogP contribution in [0.4, 0.5) is 9.39 Å². The van der Waals surface area contributed by atoms with E-state index in [1.54, 1.807) is 17.5 Å². The predicted molar refractivity (Wildman–Crippen MR) is 115 cm³/mol. The maximum absolute atomic E-state index is 13.3. The molecule has 0 aliphatic carbocycles. The Hall–Kier alpha value is -3.59. The number of carbonyl (C=O) groups is 2. The zero-order valence-corrected chi connectivity index (χ0v) is 18.1. The van der Waals surface area contributed by atoms with E-state index in [1.807, 2.05) is 0 Å². The Morgan fingerprint density at radius 1 is 0.935 bits per heavy atom. The maximum atomic E-state index is 13.3. The second-order valence-electron chi connectivity index (χ2n) is 6.22. The summed E-state index contributed by atoms with van der Waals surface area (Å²) in [5.41, 5.74) is 1.56. The number of hydrogen-bond donors (Lipinski definition) is 1. The number of thiophene rings is 1. The molecule has 0 aliphatic rings. The highest BCUT2D eigenvalue weighted by molar-refractivity contribution is 7.15. The number of ether oxygens (including phenoxy) is 4. The van der Waals surface area contributed by atoms with Gasteiger partial charge in [-0.05, 0) is 29.8 Å². The lowest BCUT2D eigenvalue weighted by Crippen LogP contribution is -2.14. The lowest BCUT2D eigenvalue weighted by atomic mass is 10.0. The molecule has 0 atom stereocenters. The Morgan fingerprint density at radius 2 is 1.55 bits per heavy atom. The molecule has 7 nitrogen and oxygen atoms in total. The minimum absolute atomic E-state index is 0.180. The van der Waals surface area contributed by atoms with Crippen molar-refractivity contribution in [3.05, 3.63) is 58.7 Å². The van der Waals surface area contributed by atoms with Gasteiger partial charge in [-0.25, -0.2) is 9.18 Å². The van der Waals surface area contributed by atoms with Crippen LogP contribution in [0.5, 0.6) is 17.2 Å². The summed E-state index contributed by atoms with van der Waals surface area (Å²) in [6.45, 7) is 0. The summed E-state index contributed by atoms with van der Waals surface area (Å²) in [5.74, 6) is -0.518. The second kappa shape index (κ2) is 9.48. The van der Waals surface area contributed by atoms with E-state index < -0.39 is 17.7 Å². The average molecular weight is 445 g/mol. The Balaban J connectivity index is 2.00. The topological polar surface area (TPSA) is 83.1 Å². The van der Waals surface area contributed by atoms with Crippen LogP contribution < -0.4 is 19.5 Å². The van der Waals surface area contributed by atoms with Crippen LogP contribution in [0.25, 0.3) is 11.1 Å². The van der Waals surface area contributed by atoms with Crippen LogP contribution in [0.2, 0.25) is 0 Å². The molecule has 1 amide bonds. The summed E-state index contributed by atoms with van der Waals surface area (Å²) in [6, 6.07) is 8.69. The van der Waals surface area contributed by atoms with Crippen molar-refractivity contribution in [1.29, 1.82) is 0 Å². The standard InChI is InChI=1S/C22H20FNO6S/c1-27-16-9-13(10-17(28-2)19(16)29-3)20(25)24-21-18(22(26)30-4)15(11-31-21)12-5-7-14(23)8-6-12/h5-11H,1-4H3,(H,24,25). The fraction of sp³-hybridized carbons (Fsp3) is 0.182. The van der Waals surface area contributed by atoms with E-state index in [1.165, 1.54) is 52.7 Å². The molecule has 9 heteroatoms. The van der Waals surface area contributed by atoms with E-state index in [2.05, 4.69) is 5.32 Å². The molecular weight excluding hydrogens is 425 g/mol. The highest BCUT2D eigenvalue weighted by atomic mass is 32.1. The van der Waals surface area contributed by atoms with Gasteiger partial charge in [0.2, 0.25) is 5.75 Å². The van der Waals surface area contributed by atoms with Gasteiger partial charge >= 0.3 is 5.97 Å². The van der Waals surface area contributed by atoms with Crippen molar-refractivity contribution in [1.82, 2.24) is 0 Å². The van der Waals surface area contributed by atoms with Gasteiger partial charge < -0.3 is 24.3 Å². The molecule has 162 valence electrons. The van der Waals surface area contributed by atoms with Crippen LogP contribution >= 0.6 is 11.3 Å². The Labute approximate surface area is 182 Å². The third kappa shape index (κ3) is 4.46. The normalized spacial score (nSPS) is 10.4. The molecule has 0 fully saturated rings. The molecule has 1 heterocycles. The number of methoxy groups -OCH3 is 4. The molecule has 0 radical (unpaired) electrons. The second-order valence-corrected chi connectivity index (χ2v) is 7.10. The molecule has 0 spiro atoms. The number of amides is 1. The monoisotopic (exact) mass is 445 g/mol. The number of anilines is 1. The molecule has 1 aromatic heterocycles. The SMILES string of the molecule is COC(=O)c1c(-c2ccc(F)cc2)csc1NC(=O)c1cc(OC)c(OC)c(OC)c1. The number of hydrogen-bond acceptors (Lipinski definition) is 7. The maximum Gasteiger partial charge on any atom is 0.341 e. The van der Waals surface area contributed by atoms with Crippen LogP contribution in [-0.4, -0.2) is 40.3 Å². The van der Waals surface area contributed by atoms with Gasteiger partial charge in [0.1, 0.15) is 16.4 Å². The first kappa shape index (κ1) is 22.1. The van der Waals surface area contributed by atoms with Crippen molar-refractivity contribution in [2.24, 2.45) is 0 Å². The van der Waals surface area contributed by atoms with Gasteiger partial charge in [-0.1, -0.05) is 12.1 Å². The highest BCUT2D eigenvalue weighted by Crippen LogP contribution is 2.39. The largest absolute Gasteiger partial charge is 0.493 e. The van der Waals surface area contributed by atoms with E-state index in [-0.39, 0.29) is 11.1 Å². The van der Waals surface area contributed by atoms with Crippen LogP contribution in [-0.2, 0) is 4.74 Å². The fourth-order valence-corrected chi connectivity index (χ4v) is 3.94. The molecule has 0 aliphatic heterocycles. The summed E-state index contributed by atoms with van der Waals surface area (Å²) >= 11 is 1.16. The lowest BCUT2D eigenvalue weighted by Gasteiger charge is -2.14. The zero-order valence-electron chi connectivity index (χ0n) is 17.3. The first-order chi connectivity index (χ1) is 14.9. The van der Waals surface area contributed by atoms with Gasteiger partial charge in [0.05, 0.1) is 28.4 Å². The van der Waals surface area contributed by atoms with Crippen molar-refractivity contribution < 1.29 is 32.9 Å². The van der Waals surface area contributed by atoms with Gasteiger partial charge in [0.25, 0.3) is 5.91 Å². The molecule has 3 aromatic rings. The summed E-state index contributed by atoms with van der Waals surface area (Å²) < 4.78 is 34.0. The van der Waals surface area contributed by atoms with Crippen molar-refractivity contribution in [2.45, 2.75) is 0 Å². The Morgan fingerprint density at radius 3 is 2.06 bits per heavy atom. The van der Waals surface area contributed by atoms with E-state index in [0.717, 1.165) is 11.3 Å². The third-order valence-electron chi connectivity index (χ3n) is 4.49. The van der Waals surface area contributed by atoms with Gasteiger partial charge in [-0.2, -0.15) is 0 Å². The van der Waals surface area contributed by atoms with Crippen LogP contribution in [0.1, 0.15) is 20.7 Å². The molecule has 31 heavy (non-hydrogen) atoms. The number of carbonyl (C=O) groups excluding carboxylic acids is 2. The number of nitrogens with one attached hydrogen (secondary N) is 1. The number of esters is 1. The number of halogens is 1. The first-order valence-corrected chi connectivity index (χ1v) is 9.88. The zero-order chi connectivity index (χ0) is 22.5. The van der Waals surface area contributed by atoms with Crippen molar-refractivity contribution in [3.8, 4) is 28.4 Å². The summed E-state index contributed by atoms with van der Waals surface area (Å²) in [4.78, 5) is 25.4. The molecular formula is C22H20FNO6S. The van der Waals surface area contributed by atoms with E-state index in [9.17, 15) is 14.0 Å². The average Bonchev–Trinajstić information content (AvgIpc) is 3.21. The number of rotatable bonds is 7. The van der Waals surface area contributed by atoms with Gasteiger partial charge in [0.15, 0.2) is 11.5 Å². The molecule has 0 saturated heterocycles. The Kier molecular flexibility index (Phi) is 6.76. The third-order valence-corrected chi connectivity index (χ3v) is 5.39. The first-order valence-electron chi connectivity index (χ1n) is 9.00. The summed E-state index contributed by atoms with van der Waals surface area (Å²) in [7, 11) is 5.61. The van der Waals surface area contributed by atoms with Crippen LogP contribution in [0, 0.1) is 5.82 Å². The highest BCUT2D eigenvalue weighted by Gasteiger charge is 2.24. The van der Waals surface area contributed by atoms with E-state index >= 15 is 0 Å². The van der Waals surface area contributed by atoms with E-state index in [4.69, 9.17) is 18.9 Å². The smallest absolute Gasteiger partial charge is 0.341 e. The molecule has 0 bridgehead atoms. The van der Waals surface area contributed by atoms with Crippen LogP contribution in [0.15, 0.2) is 41.8 Å². The molecule has 0 saturated carbocycles. The summed E-state index contributed by atoms with van der Waals surface area (Å²) in [6.07, 6.45) is 0. The molecule has 2 aromatic carbocycles. The van der Waals surface area contributed by atoms with Crippen molar-refractivity contribution in [2.75, 3.05) is 33.8 Å². The van der Waals surface area contributed by atoms with Crippen LogP contribution in [0.3, 0.4) is 0 Å². The van der Waals surface area contributed by atoms with Crippen molar-refractivity contribution in [3.63, 3.8) is 0 Å². The molecule has 0 unspecified atom stereocenters.